The van der Waals surface area contributed by atoms with Gasteiger partial charge in [0.1, 0.15) is 0 Å². The maximum atomic E-state index is 5.04. The molecular weight excluding hydrogens is 194 g/mol. The van der Waals surface area contributed by atoms with Crippen molar-refractivity contribution >= 4 is 11.9 Å². The van der Waals surface area contributed by atoms with E-state index in [1.165, 1.54) is 32.1 Å². The molecule has 4 heteroatoms. The second-order valence-corrected chi connectivity index (χ2v) is 2.80. The topological polar surface area (TPSA) is 9.23 Å². The normalized spacial score (nSPS) is 8.50. The Balaban J connectivity index is -0.0000000675. The fourth-order valence-electron chi connectivity index (χ4n) is 0.937. The molecule has 1 nitrogen and oxygen atoms in total. The van der Waals surface area contributed by atoms with Gasteiger partial charge in [-0.25, -0.2) is 0 Å². The third-order valence-electron chi connectivity index (χ3n) is 1.58. The van der Waals surface area contributed by atoms with Gasteiger partial charge in [0, 0.05) is 0 Å². The van der Waals surface area contributed by atoms with Crippen molar-refractivity contribution in [1.82, 2.24) is 0 Å². The van der Waals surface area contributed by atoms with Crippen molar-refractivity contribution in [1.29, 1.82) is 0 Å². The molecule has 0 aromatic rings. The predicted octanol–water partition coefficient (Wildman–Crippen LogP) is -2.25. The number of unbranched alkanes of at least 4 members (excludes halogenated alkanes) is 5. The summed E-state index contributed by atoms with van der Waals surface area (Å²) in [6, 6.07) is 0. The van der Waals surface area contributed by atoms with Gasteiger partial charge in [-0.15, -0.1) is 0 Å². The largest absolute Gasteiger partial charge is 1.00 e. The van der Waals surface area contributed by atoms with Crippen LogP contribution >= 0.6 is 11.9 Å². The van der Waals surface area contributed by atoms with Gasteiger partial charge in [-0.05, 0) is 6.42 Å². The molecule has 0 aromatic carbocycles. The van der Waals surface area contributed by atoms with Gasteiger partial charge in [0.25, 0.3) is 0 Å². The van der Waals surface area contributed by atoms with E-state index < -0.39 is 0 Å². The minimum atomic E-state index is 0. The van der Waals surface area contributed by atoms with E-state index in [0.717, 1.165) is 6.42 Å². The van der Waals surface area contributed by atoms with E-state index in [2.05, 4.69) is 11.2 Å². The summed E-state index contributed by atoms with van der Waals surface area (Å²) in [4.78, 5) is 0. The SMILES string of the molecule is CCCCCCCCOCl.[H-].[H-].[Na+].[Na+]. The summed E-state index contributed by atoms with van der Waals surface area (Å²) in [5.74, 6) is 0. The molecule has 0 spiro atoms. The summed E-state index contributed by atoms with van der Waals surface area (Å²) in [6.45, 7) is 2.93. The molecule has 0 rings (SSSR count). The van der Waals surface area contributed by atoms with E-state index in [1.54, 1.807) is 0 Å². The van der Waals surface area contributed by atoms with Crippen molar-refractivity contribution in [2.45, 2.75) is 45.4 Å². The van der Waals surface area contributed by atoms with Gasteiger partial charge < -0.3 is 2.85 Å². The first kappa shape index (κ1) is 19.8. The Labute approximate surface area is 129 Å². The van der Waals surface area contributed by atoms with Crippen LogP contribution in [0.1, 0.15) is 48.3 Å². The van der Waals surface area contributed by atoms with Crippen LogP contribution in [0.2, 0.25) is 0 Å². The standard InChI is InChI=1S/C8H17ClO.2Na.2H/c1-2-3-4-5-6-7-8-10-9;;;;/h2-8H2,1H3;;;;/q;2*+1;2*-1. The van der Waals surface area contributed by atoms with Crippen molar-refractivity contribution in [3.63, 3.8) is 0 Å². The van der Waals surface area contributed by atoms with Crippen LogP contribution in [0.15, 0.2) is 0 Å². The predicted molar refractivity (Wildman–Crippen MR) is 47.4 cm³/mol. The summed E-state index contributed by atoms with van der Waals surface area (Å²) < 4.78 is 4.42. The quantitative estimate of drug-likeness (QED) is 0.342. The van der Waals surface area contributed by atoms with Crippen LogP contribution < -0.4 is 59.1 Å². The van der Waals surface area contributed by atoms with E-state index in [4.69, 9.17) is 11.9 Å². The van der Waals surface area contributed by atoms with Crippen LogP contribution in [-0.4, -0.2) is 6.61 Å². The minimum absolute atomic E-state index is 0. The van der Waals surface area contributed by atoms with Gasteiger partial charge in [-0.1, -0.05) is 39.0 Å². The monoisotopic (exact) mass is 212 g/mol. The molecular formula is C8H19ClNa2O. The van der Waals surface area contributed by atoms with Crippen LogP contribution in [-0.2, 0) is 4.29 Å². The molecule has 0 saturated heterocycles. The van der Waals surface area contributed by atoms with Gasteiger partial charge in [-0.3, -0.25) is 4.29 Å². The molecule has 0 unspecified atom stereocenters. The molecule has 0 saturated carbocycles. The van der Waals surface area contributed by atoms with Gasteiger partial charge in [0.05, 0.1) is 18.5 Å². The van der Waals surface area contributed by atoms with Crippen LogP contribution in [0, 0.1) is 0 Å². The van der Waals surface area contributed by atoms with Gasteiger partial charge in [0.15, 0.2) is 0 Å². The third kappa shape index (κ3) is 18.1. The molecule has 0 aliphatic carbocycles. The zero-order valence-electron chi connectivity index (χ0n) is 10.7. The fraction of sp³-hybridized carbons (Fsp3) is 1.00. The van der Waals surface area contributed by atoms with E-state index >= 15 is 0 Å². The number of halogens is 1. The number of rotatable bonds is 7. The summed E-state index contributed by atoms with van der Waals surface area (Å²) >= 11 is 5.04. The van der Waals surface area contributed by atoms with Crippen molar-refractivity contribution in [2.24, 2.45) is 0 Å². The summed E-state index contributed by atoms with van der Waals surface area (Å²) in [7, 11) is 0. The van der Waals surface area contributed by atoms with Gasteiger partial charge in [0.2, 0.25) is 0 Å². The summed E-state index contributed by atoms with van der Waals surface area (Å²) in [6.07, 6.45) is 7.72. The zero-order valence-corrected chi connectivity index (χ0v) is 13.5. The van der Waals surface area contributed by atoms with Crippen molar-refractivity contribution in [3.05, 3.63) is 0 Å². The average molecular weight is 213 g/mol. The Hall–Kier alpha value is 2.25. The maximum Gasteiger partial charge on any atom is 1.00 e. The molecule has 12 heavy (non-hydrogen) atoms. The molecule has 0 heterocycles. The summed E-state index contributed by atoms with van der Waals surface area (Å²) in [5, 5.41) is 0. The Morgan fingerprint density at radius 3 is 2.00 bits per heavy atom. The Bertz CT molecular complexity index is 65.3. The minimum Gasteiger partial charge on any atom is -1.00 e. The second-order valence-electron chi connectivity index (χ2n) is 2.58. The van der Waals surface area contributed by atoms with Crippen molar-refractivity contribution < 1.29 is 66.3 Å². The van der Waals surface area contributed by atoms with E-state index in [-0.39, 0.29) is 62.0 Å². The molecule has 0 amide bonds. The molecule has 0 N–H and O–H groups in total. The van der Waals surface area contributed by atoms with E-state index in [9.17, 15) is 0 Å². The van der Waals surface area contributed by atoms with Crippen LogP contribution in [0.4, 0.5) is 0 Å². The van der Waals surface area contributed by atoms with Crippen LogP contribution in [0.5, 0.6) is 0 Å². The van der Waals surface area contributed by atoms with Gasteiger partial charge in [-0.2, -0.15) is 0 Å². The molecule has 0 aliphatic rings. The number of hydrogen-bond acceptors (Lipinski definition) is 1. The Morgan fingerprint density at radius 1 is 1.00 bits per heavy atom. The van der Waals surface area contributed by atoms with E-state index in [1.807, 2.05) is 0 Å². The van der Waals surface area contributed by atoms with E-state index in [0.29, 0.717) is 6.61 Å². The second kappa shape index (κ2) is 18.9. The molecule has 0 fully saturated rings. The van der Waals surface area contributed by atoms with Crippen molar-refractivity contribution in [3.8, 4) is 0 Å². The smallest absolute Gasteiger partial charge is 1.00 e. The Morgan fingerprint density at radius 2 is 1.50 bits per heavy atom. The average Bonchev–Trinajstić information content (AvgIpc) is 1.97. The number of hydrogen-bond donors (Lipinski definition) is 0. The zero-order chi connectivity index (χ0) is 7.66. The van der Waals surface area contributed by atoms with Crippen molar-refractivity contribution in [2.75, 3.05) is 6.61 Å². The molecule has 0 atom stereocenters. The Kier molecular flexibility index (Phi) is 31.2. The fourth-order valence-corrected chi connectivity index (χ4v) is 1.05. The summed E-state index contributed by atoms with van der Waals surface area (Å²) in [5.41, 5.74) is 0. The van der Waals surface area contributed by atoms with Crippen LogP contribution in [0.3, 0.4) is 0 Å². The first-order chi connectivity index (χ1) is 4.91. The molecule has 0 bridgehead atoms. The first-order valence-electron chi connectivity index (χ1n) is 4.15. The molecule has 66 valence electrons. The molecule has 0 radical (unpaired) electrons. The molecule has 0 aromatic heterocycles. The third-order valence-corrected chi connectivity index (χ3v) is 1.73. The molecule has 0 aliphatic heterocycles. The first-order valence-corrected chi connectivity index (χ1v) is 4.46. The van der Waals surface area contributed by atoms with Gasteiger partial charge >= 0.3 is 59.1 Å². The maximum absolute atomic E-state index is 5.04. The van der Waals surface area contributed by atoms with Crippen LogP contribution in [0.25, 0.3) is 0 Å².